The number of anilines is 1. The molecule has 0 fully saturated rings. The van der Waals surface area contributed by atoms with Crippen molar-refractivity contribution >= 4 is 21.4 Å². The molecule has 2 rings (SSSR count). The van der Waals surface area contributed by atoms with Crippen LogP contribution in [-0.4, -0.2) is 38.3 Å². The first-order chi connectivity index (χ1) is 12.2. The van der Waals surface area contributed by atoms with Crippen LogP contribution in [0.15, 0.2) is 47.4 Å². The number of sulfonamides is 1. The van der Waals surface area contributed by atoms with Gasteiger partial charge in [0.1, 0.15) is 0 Å². The Morgan fingerprint density at radius 3 is 2.19 bits per heavy atom. The molecule has 2 aromatic rings. The minimum Gasteiger partial charge on any atom is -0.378 e. The lowest BCUT2D eigenvalue weighted by Gasteiger charge is -2.21. The van der Waals surface area contributed by atoms with Crippen LogP contribution in [0.25, 0.3) is 0 Å². The lowest BCUT2D eigenvalue weighted by atomic mass is 10.2. The molecule has 8 heteroatoms. The minimum atomic E-state index is -3.83. The van der Waals surface area contributed by atoms with E-state index in [2.05, 4.69) is 0 Å². The van der Waals surface area contributed by atoms with Crippen LogP contribution in [0.5, 0.6) is 0 Å². The normalized spacial score (nSPS) is 11.6. The monoisotopic (exact) mass is 377 g/mol. The summed E-state index contributed by atoms with van der Waals surface area (Å²) in [5, 5.41) is 11.1. The van der Waals surface area contributed by atoms with Crippen molar-refractivity contribution in [1.29, 1.82) is 0 Å². The molecule has 0 saturated carbocycles. The molecule has 0 bridgehead atoms. The third-order valence-corrected chi connectivity index (χ3v) is 6.10. The molecule has 7 nitrogen and oxygen atoms in total. The Bertz CT molecular complexity index is 893. The topological polar surface area (TPSA) is 83.8 Å². The van der Waals surface area contributed by atoms with Gasteiger partial charge in [0.25, 0.3) is 5.69 Å². The summed E-state index contributed by atoms with van der Waals surface area (Å²) in [6, 6.07) is 11.6. The van der Waals surface area contributed by atoms with Crippen LogP contribution in [0.3, 0.4) is 0 Å². The number of benzene rings is 2. The van der Waals surface area contributed by atoms with E-state index in [4.69, 9.17) is 0 Å². The summed E-state index contributed by atoms with van der Waals surface area (Å²) in [5.74, 6) is 0. The second-order valence-electron chi connectivity index (χ2n) is 6.20. The van der Waals surface area contributed by atoms with E-state index in [1.54, 1.807) is 13.8 Å². The summed E-state index contributed by atoms with van der Waals surface area (Å²) in [6.45, 7) is 3.79. The quantitative estimate of drug-likeness (QED) is 0.547. The lowest BCUT2D eigenvalue weighted by molar-refractivity contribution is -0.385. The Balaban J connectivity index is 2.33. The van der Waals surface area contributed by atoms with Gasteiger partial charge in [0.2, 0.25) is 10.0 Å². The van der Waals surface area contributed by atoms with E-state index >= 15 is 0 Å². The highest BCUT2D eigenvalue weighted by Crippen LogP contribution is 2.25. The van der Waals surface area contributed by atoms with Crippen LogP contribution in [0, 0.1) is 17.0 Å². The third-order valence-electron chi connectivity index (χ3n) is 4.18. The van der Waals surface area contributed by atoms with Gasteiger partial charge < -0.3 is 4.90 Å². The summed E-state index contributed by atoms with van der Waals surface area (Å²) < 4.78 is 27.2. The third kappa shape index (κ3) is 4.20. The van der Waals surface area contributed by atoms with Gasteiger partial charge in [-0.1, -0.05) is 25.1 Å². The molecule has 0 radical (unpaired) electrons. The summed E-state index contributed by atoms with van der Waals surface area (Å²) >= 11 is 0. The predicted molar refractivity (Wildman–Crippen MR) is 102 cm³/mol. The summed E-state index contributed by atoms with van der Waals surface area (Å²) in [7, 11) is 0.0352. The van der Waals surface area contributed by atoms with Crippen LogP contribution < -0.4 is 4.90 Å². The van der Waals surface area contributed by atoms with E-state index in [0.717, 1.165) is 17.3 Å². The molecule has 140 valence electrons. The summed E-state index contributed by atoms with van der Waals surface area (Å²) in [4.78, 5) is 12.4. The van der Waals surface area contributed by atoms with Crippen LogP contribution in [0.1, 0.15) is 18.1 Å². The first-order valence-corrected chi connectivity index (χ1v) is 9.62. The maximum atomic E-state index is 12.9. The molecular formula is C18H23N3O4S. The number of hydrogen-bond acceptors (Lipinski definition) is 5. The molecule has 0 aliphatic heterocycles. The fourth-order valence-corrected chi connectivity index (χ4v) is 4.02. The number of nitro benzene ring substituents is 1. The first kappa shape index (κ1) is 19.9. The van der Waals surface area contributed by atoms with Gasteiger partial charge in [-0.2, -0.15) is 4.31 Å². The molecule has 0 atom stereocenters. The SMILES string of the molecule is CCN(Cc1ccc(N(C)C)cc1)S(=O)(=O)c1ccc(C)c([N+](=O)[O-])c1. The molecule has 0 saturated heterocycles. The number of hydrogen-bond donors (Lipinski definition) is 0. The highest BCUT2D eigenvalue weighted by molar-refractivity contribution is 7.89. The van der Waals surface area contributed by atoms with Crippen molar-refractivity contribution in [2.45, 2.75) is 25.3 Å². The second kappa shape index (κ2) is 7.84. The molecule has 0 spiro atoms. The van der Waals surface area contributed by atoms with Crippen molar-refractivity contribution in [2.75, 3.05) is 25.5 Å². The maximum absolute atomic E-state index is 12.9. The zero-order chi connectivity index (χ0) is 19.5. The van der Waals surface area contributed by atoms with Crippen molar-refractivity contribution in [3.05, 3.63) is 63.7 Å². The number of nitro groups is 1. The van der Waals surface area contributed by atoms with Crippen molar-refractivity contribution in [1.82, 2.24) is 4.31 Å². The van der Waals surface area contributed by atoms with Gasteiger partial charge in [-0.15, -0.1) is 0 Å². The van der Waals surface area contributed by atoms with E-state index in [1.807, 2.05) is 43.3 Å². The van der Waals surface area contributed by atoms with Crippen molar-refractivity contribution < 1.29 is 13.3 Å². The van der Waals surface area contributed by atoms with Gasteiger partial charge in [0.05, 0.1) is 9.82 Å². The van der Waals surface area contributed by atoms with Gasteiger partial charge in [-0.25, -0.2) is 8.42 Å². The maximum Gasteiger partial charge on any atom is 0.273 e. The molecule has 26 heavy (non-hydrogen) atoms. The van der Waals surface area contributed by atoms with Crippen LogP contribution >= 0.6 is 0 Å². The van der Waals surface area contributed by atoms with E-state index < -0.39 is 14.9 Å². The average molecular weight is 377 g/mol. The second-order valence-corrected chi connectivity index (χ2v) is 8.14. The highest BCUT2D eigenvalue weighted by Gasteiger charge is 2.26. The smallest absolute Gasteiger partial charge is 0.273 e. The van der Waals surface area contributed by atoms with Gasteiger partial charge in [-0.3, -0.25) is 10.1 Å². The van der Waals surface area contributed by atoms with Crippen molar-refractivity contribution in [3.8, 4) is 0 Å². The Labute approximate surface area is 154 Å². The summed E-state index contributed by atoms with van der Waals surface area (Å²) in [6.07, 6.45) is 0. The molecule has 0 heterocycles. The zero-order valence-electron chi connectivity index (χ0n) is 15.3. The largest absolute Gasteiger partial charge is 0.378 e. The van der Waals surface area contributed by atoms with E-state index in [0.29, 0.717) is 5.56 Å². The standard InChI is InChI=1S/C18H23N3O4S/c1-5-20(13-15-7-9-16(10-8-15)19(3)4)26(24,25)17-11-6-14(2)18(12-17)21(22)23/h6-12H,5,13H2,1-4H3. The molecule has 0 amide bonds. The highest BCUT2D eigenvalue weighted by atomic mass is 32.2. The first-order valence-electron chi connectivity index (χ1n) is 8.18. The Morgan fingerprint density at radius 1 is 1.08 bits per heavy atom. The van der Waals surface area contributed by atoms with Gasteiger partial charge in [0, 0.05) is 44.5 Å². The number of nitrogens with zero attached hydrogens (tertiary/aromatic N) is 3. The van der Waals surface area contributed by atoms with E-state index in [1.165, 1.54) is 16.4 Å². The Kier molecular flexibility index (Phi) is 5.99. The van der Waals surface area contributed by atoms with E-state index in [9.17, 15) is 18.5 Å². The van der Waals surface area contributed by atoms with Gasteiger partial charge in [-0.05, 0) is 30.7 Å². The fraction of sp³-hybridized carbons (Fsp3) is 0.333. The molecule has 2 aromatic carbocycles. The van der Waals surface area contributed by atoms with Gasteiger partial charge >= 0.3 is 0 Å². The Morgan fingerprint density at radius 2 is 1.69 bits per heavy atom. The van der Waals surface area contributed by atoms with E-state index in [-0.39, 0.29) is 23.7 Å². The molecule has 0 aliphatic carbocycles. The fourth-order valence-electron chi connectivity index (χ4n) is 2.57. The van der Waals surface area contributed by atoms with Crippen LogP contribution in [0.2, 0.25) is 0 Å². The summed E-state index contributed by atoms with van der Waals surface area (Å²) in [5.41, 5.74) is 2.10. The Hall–Kier alpha value is -2.45. The van der Waals surface area contributed by atoms with Crippen LogP contribution in [0.4, 0.5) is 11.4 Å². The van der Waals surface area contributed by atoms with Crippen LogP contribution in [-0.2, 0) is 16.6 Å². The van der Waals surface area contributed by atoms with Gasteiger partial charge in [0.15, 0.2) is 0 Å². The molecule has 0 unspecified atom stereocenters. The average Bonchev–Trinajstić information content (AvgIpc) is 2.59. The molecular weight excluding hydrogens is 354 g/mol. The van der Waals surface area contributed by atoms with Crippen molar-refractivity contribution in [2.24, 2.45) is 0 Å². The number of aryl methyl sites for hydroxylation is 1. The number of rotatable bonds is 7. The molecule has 0 N–H and O–H groups in total. The molecule has 0 aliphatic rings. The predicted octanol–water partition coefficient (Wildman–Crippen LogP) is 3.18. The lowest BCUT2D eigenvalue weighted by Crippen LogP contribution is -2.30. The zero-order valence-corrected chi connectivity index (χ0v) is 16.2. The minimum absolute atomic E-state index is 0.0680. The molecule has 0 aromatic heterocycles. The van der Waals surface area contributed by atoms with Crippen molar-refractivity contribution in [3.63, 3.8) is 0 Å².